The highest BCUT2D eigenvalue weighted by molar-refractivity contribution is 7.80. The van der Waals surface area contributed by atoms with E-state index >= 15 is 0 Å². The van der Waals surface area contributed by atoms with Crippen LogP contribution < -0.4 is 10.6 Å². The summed E-state index contributed by atoms with van der Waals surface area (Å²) in [5.74, 6) is 0. The molecule has 0 spiro atoms. The summed E-state index contributed by atoms with van der Waals surface area (Å²) in [6.07, 6.45) is 1.77. The molecule has 0 amide bonds. The van der Waals surface area contributed by atoms with E-state index in [9.17, 15) is 0 Å². The number of aromatic nitrogens is 2. The first-order chi connectivity index (χ1) is 9.60. The SMILES string of the molecule is CCn1nccc1CNC(=S)Nc1ccc(Cl)cc1Cl. The number of nitrogens with one attached hydrogen (secondary N) is 2. The van der Waals surface area contributed by atoms with Gasteiger partial charge in [0.15, 0.2) is 5.11 Å². The summed E-state index contributed by atoms with van der Waals surface area (Å²) >= 11 is 17.2. The van der Waals surface area contributed by atoms with Gasteiger partial charge >= 0.3 is 0 Å². The van der Waals surface area contributed by atoms with Gasteiger partial charge in [0.2, 0.25) is 0 Å². The van der Waals surface area contributed by atoms with Crippen LogP contribution in [0, 0.1) is 0 Å². The van der Waals surface area contributed by atoms with E-state index in [1.54, 1.807) is 24.4 Å². The third-order valence-electron chi connectivity index (χ3n) is 2.71. The Balaban J connectivity index is 1.93. The molecule has 0 aliphatic rings. The van der Waals surface area contributed by atoms with Gasteiger partial charge in [-0.2, -0.15) is 5.10 Å². The molecule has 2 aromatic rings. The number of rotatable bonds is 4. The van der Waals surface area contributed by atoms with Crippen molar-refractivity contribution in [3.05, 3.63) is 46.2 Å². The van der Waals surface area contributed by atoms with Crippen LogP contribution in [0.1, 0.15) is 12.6 Å². The van der Waals surface area contributed by atoms with E-state index < -0.39 is 0 Å². The van der Waals surface area contributed by atoms with E-state index in [4.69, 9.17) is 35.4 Å². The molecular formula is C13H14Cl2N4S. The molecule has 7 heteroatoms. The van der Waals surface area contributed by atoms with E-state index in [1.807, 2.05) is 17.7 Å². The molecule has 1 heterocycles. The van der Waals surface area contributed by atoms with Gasteiger partial charge in [-0.3, -0.25) is 4.68 Å². The summed E-state index contributed by atoms with van der Waals surface area (Å²) in [5, 5.41) is 12.0. The predicted octanol–water partition coefficient (Wildman–Crippen LogP) is 3.70. The maximum absolute atomic E-state index is 6.07. The van der Waals surface area contributed by atoms with Crippen LogP contribution in [-0.4, -0.2) is 14.9 Å². The minimum Gasteiger partial charge on any atom is -0.357 e. The molecule has 0 radical (unpaired) electrons. The number of halogens is 2. The quantitative estimate of drug-likeness (QED) is 0.840. The van der Waals surface area contributed by atoms with Crippen molar-refractivity contribution >= 4 is 46.2 Å². The Morgan fingerprint density at radius 1 is 1.35 bits per heavy atom. The zero-order valence-corrected chi connectivity index (χ0v) is 13.2. The Morgan fingerprint density at radius 2 is 2.15 bits per heavy atom. The third kappa shape index (κ3) is 3.85. The first kappa shape index (κ1) is 15.1. The van der Waals surface area contributed by atoms with Crippen LogP contribution >= 0.6 is 35.4 Å². The fourth-order valence-electron chi connectivity index (χ4n) is 1.72. The van der Waals surface area contributed by atoms with Crippen molar-refractivity contribution in [1.29, 1.82) is 0 Å². The molecule has 20 heavy (non-hydrogen) atoms. The fraction of sp³-hybridized carbons (Fsp3) is 0.231. The van der Waals surface area contributed by atoms with E-state index in [0.29, 0.717) is 21.7 Å². The highest BCUT2D eigenvalue weighted by Gasteiger charge is 2.05. The lowest BCUT2D eigenvalue weighted by Gasteiger charge is -2.12. The average molecular weight is 329 g/mol. The van der Waals surface area contributed by atoms with Crippen LogP contribution in [-0.2, 0) is 13.1 Å². The maximum atomic E-state index is 6.07. The van der Waals surface area contributed by atoms with Gasteiger partial charge < -0.3 is 10.6 Å². The van der Waals surface area contributed by atoms with Crippen molar-refractivity contribution < 1.29 is 0 Å². The zero-order valence-electron chi connectivity index (χ0n) is 10.9. The maximum Gasteiger partial charge on any atom is 0.171 e. The van der Waals surface area contributed by atoms with Crippen LogP contribution in [0.3, 0.4) is 0 Å². The van der Waals surface area contributed by atoms with Crippen molar-refractivity contribution in [2.24, 2.45) is 0 Å². The molecule has 0 aliphatic heterocycles. The molecule has 0 unspecified atom stereocenters. The highest BCUT2D eigenvalue weighted by Crippen LogP contribution is 2.25. The van der Waals surface area contributed by atoms with E-state index in [1.165, 1.54) is 0 Å². The van der Waals surface area contributed by atoms with Crippen molar-refractivity contribution in [3.63, 3.8) is 0 Å². The second-order valence-electron chi connectivity index (χ2n) is 4.07. The van der Waals surface area contributed by atoms with Gasteiger partial charge in [-0.1, -0.05) is 23.2 Å². The summed E-state index contributed by atoms with van der Waals surface area (Å²) in [4.78, 5) is 0. The molecule has 106 valence electrons. The minimum atomic E-state index is 0.498. The first-order valence-corrected chi connectivity index (χ1v) is 7.27. The Morgan fingerprint density at radius 3 is 2.85 bits per heavy atom. The number of aryl methyl sites for hydroxylation is 1. The number of nitrogens with zero attached hydrogens (tertiary/aromatic N) is 2. The minimum absolute atomic E-state index is 0.498. The summed E-state index contributed by atoms with van der Waals surface area (Å²) in [5.41, 5.74) is 1.79. The number of benzene rings is 1. The van der Waals surface area contributed by atoms with E-state index in [2.05, 4.69) is 15.7 Å². The molecule has 1 aromatic heterocycles. The van der Waals surface area contributed by atoms with Crippen molar-refractivity contribution in [2.75, 3.05) is 5.32 Å². The predicted molar refractivity (Wildman–Crippen MR) is 87.4 cm³/mol. The second-order valence-corrected chi connectivity index (χ2v) is 5.32. The smallest absolute Gasteiger partial charge is 0.171 e. The highest BCUT2D eigenvalue weighted by atomic mass is 35.5. The Labute approximate surface area is 133 Å². The molecule has 2 rings (SSSR count). The normalized spacial score (nSPS) is 10.3. The first-order valence-electron chi connectivity index (χ1n) is 6.10. The number of thiocarbonyl (C=S) groups is 1. The van der Waals surface area contributed by atoms with Gasteiger partial charge in [-0.15, -0.1) is 0 Å². The molecule has 0 fully saturated rings. The van der Waals surface area contributed by atoms with Crippen molar-refractivity contribution in [3.8, 4) is 0 Å². The molecule has 0 saturated heterocycles. The lowest BCUT2D eigenvalue weighted by Crippen LogP contribution is -2.29. The fourth-order valence-corrected chi connectivity index (χ4v) is 2.36. The van der Waals surface area contributed by atoms with E-state index in [0.717, 1.165) is 17.9 Å². The van der Waals surface area contributed by atoms with Gasteiger partial charge in [-0.25, -0.2) is 0 Å². The number of hydrogen-bond acceptors (Lipinski definition) is 2. The summed E-state index contributed by atoms with van der Waals surface area (Å²) < 4.78 is 1.91. The molecular weight excluding hydrogens is 315 g/mol. The van der Waals surface area contributed by atoms with E-state index in [-0.39, 0.29) is 0 Å². The van der Waals surface area contributed by atoms with Crippen molar-refractivity contribution in [1.82, 2.24) is 15.1 Å². The summed E-state index contributed by atoms with van der Waals surface area (Å²) in [6.45, 7) is 3.47. The largest absolute Gasteiger partial charge is 0.357 e. The Hall–Kier alpha value is -1.30. The molecule has 0 atom stereocenters. The van der Waals surface area contributed by atoms with Crippen LogP contribution in [0.5, 0.6) is 0 Å². The molecule has 2 N–H and O–H groups in total. The molecule has 4 nitrogen and oxygen atoms in total. The lowest BCUT2D eigenvalue weighted by molar-refractivity contribution is 0.614. The third-order valence-corrected chi connectivity index (χ3v) is 3.51. The number of hydrogen-bond donors (Lipinski definition) is 2. The van der Waals surface area contributed by atoms with Crippen LogP contribution in [0.4, 0.5) is 5.69 Å². The van der Waals surface area contributed by atoms with Crippen molar-refractivity contribution in [2.45, 2.75) is 20.0 Å². The van der Waals surface area contributed by atoms with Crippen LogP contribution in [0.25, 0.3) is 0 Å². The lowest BCUT2D eigenvalue weighted by atomic mass is 10.3. The van der Waals surface area contributed by atoms with Gasteiger partial charge in [0.05, 0.1) is 22.9 Å². The Kier molecular flexibility index (Phi) is 5.23. The second kappa shape index (κ2) is 6.92. The molecule has 0 bridgehead atoms. The molecule has 0 saturated carbocycles. The van der Waals surface area contributed by atoms with Gasteiger partial charge in [0.25, 0.3) is 0 Å². The van der Waals surface area contributed by atoms with Gasteiger partial charge in [0.1, 0.15) is 0 Å². The number of anilines is 1. The standard InChI is InChI=1S/C13H14Cl2N4S/c1-2-19-10(5-6-17-19)8-16-13(20)18-12-4-3-9(14)7-11(12)15/h3-7H,2,8H2,1H3,(H2,16,18,20). The average Bonchev–Trinajstić information content (AvgIpc) is 2.87. The zero-order chi connectivity index (χ0) is 14.5. The molecule has 0 aliphatic carbocycles. The monoisotopic (exact) mass is 328 g/mol. The topological polar surface area (TPSA) is 41.9 Å². The molecule has 1 aromatic carbocycles. The van der Waals surface area contributed by atoms with Crippen LogP contribution in [0.2, 0.25) is 10.0 Å². The van der Waals surface area contributed by atoms with Gasteiger partial charge in [-0.05, 0) is 43.4 Å². The summed E-state index contributed by atoms with van der Waals surface area (Å²) in [7, 11) is 0. The summed E-state index contributed by atoms with van der Waals surface area (Å²) in [6, 6.07) is 7.16. The van der Waals surface area contributed by atoms with Crippen LogP contribution in [0.15, 0.2) is 30.5 Å². The Bertz CT molecular complexity index is 612. The van der Waals surface area contributed by atoms with Gasteiger partial charge in [0, 0.05) is 17.8 Å².